The van der Waals surface area contributed by atoms with Crippen LogP contribution in [0.5, 0.6) is 0 Å². The molecule has 5 nitrogen and oxygen atoms in total. The van der Waals surface area contributed by atoms with Gasteiger partial charge in [0, 0.05) is 17.6 Å². The lowest BCUT2D eigenvalue weighted by Crippen LogP contribution is -2.40. The molecule has 6 heteroatoms. The highest BCUT2D eigenvalue weighted by atomic mass is 32.2. The van der Waals surface area contributed by atoms with Gasteiger partial charge in [0.15, 0.2) is 0 Å². The van der Waals surface area contributed by atoms with Gasteiger partial charge in [0.2, 0.25) is 11.1 Å². The van der Waals surface area contributed by atoms with Crippen molar-refractivity contribution in [3.05, 3.63) is 66.0 Å². The Balaban J connectivity index is 1.39. The third-order valence-corrected chi connectivity index (χ3v) is 6.57. The van der Waals surface area contributed by atoms with E-state index in [1.807, 2.05) is 65.0 Å². The van der Waals surface area contributed by atoms with Gasteiger partial charge in [-0.2, -0.15) is 0 Å². The van der Waals surface area contributed by atoms with Gasteiger partial charge in [0.1, 0.15) is 5.82 Å². The Hall–Kier alpha value is -2.60. The molecule has 0 bridgehead atoms. The van der Waals surface area contributed by atoms with Crippen molar-refractivity contribution in [3.63, 3.8) is 0 Å². The van der Waals surface area contributed by atoms with Crippen LogP contribution in [0.25, 0.3) is 5.69 Å². The van der Waals surface area contributed by atoms with Crippen molar-refractivity contribution in [3.8, 4) is 5.69 Å². The third-order valence-electron chi connectivity index (χ3n) is 5.63. The minimum atomic E-state index is -0.248. The maximum atomic E-state index is 13.3. The standard InChI is InChI=1S/C23H24N4OS/c1-15-14-18-8-6-7-11-20(18)26(15)22(28)16(2)29-23-24-21(17-12-13-17)27(25-23)19-9-4-3-5-10-19/h3-11,15-17H,12-14H2,1-2H3/t15-,16-/m0/s1. The Labute approximate surface area is 175 Å². The molecule has 0 saturated heterocycles. The predicted octanol–water partition coefficient (Wildman–Crippen LogP) is 4.60. The summed E-state index contributed by atoms with van der Waals surface area (Å²) in [5.41, 5.74) is 3.31. The molecule has 0 N–H and O–H groups in total. The van der Waals surface area contributed by atoms with E-state index in [0.29, 0.717) is 11.1 Å². The van der Waals surface area contributed by atoms with Gasteiger partial charge in [0.05, 0.1) is 10.9 Å². The molecule has 2 atom stereocenters. The number of hydrogen-bond donors (Lipinski definition) is 0. The molecule has 2 aromatic carbocycles. The summed E-state index contributed by atoms with van der Waals surface area (Å²) in [5.74, 6) is 1.61. The van der Waals surface area contributed by atoms with Crippen LogP contribution in [0.4, 0.5) is 5.69 Å². The van der Waals surface area contributed by atoms with Crippen LogP contribution in [-0.2, 0) is 11.2 Å². The molecule has 1 aliphatic heterocycles. The summed E-state index contributed by atoms with van der Waals surface area (Å²) >= 11 is 1.46. The molecule has 1 saturated carbocycles. The summed E-state index contributed by atoms with van der Waals surface area (Å²) in [6, 6.07) is 18.5. The molecule has 5 rings (SSSR count). The molecular formula is C23H24N4OS. The number of nitrogens with zero attached hydrogens (tertiary/aromatic N) is 4. The van der Waals surface area contributed by atoms with E-state index in [0.717, 1.165) is 36.5 Å². The highest BCUT2D eigenvalue weighted by Gasteiger charge is 2.35. The van der Waals surface area contributed by atoms with Crippen LogP contribution in [0, 0.1) is 0 Å². The van der Waals surface area contributed by atoms with Gasteiger partial charge in [0.25, 0.3) is 0 Å². The highest BCUT2D eigenvalue weighted by Crippen LogP contribution is 2.41. The van der Waals surface area contributed by atoms with Gasteiger partial charge in [-0.05, 0) is 56.9 Å². The SMILES string of the molecule is C[C@H](Sc1nc(C2CC2)n(-c2ccccc2)n1)C(=O)N1c2ccccc2C[C@@H]1C. The van der Waals surface area contributed by atoms with E-state index < -0.39 is 0 Å². The zero-order chi connectivity index (χ0) is 20.0. The number of para-hydroxylation sites is 2. The van der Waals surface area contributed by atoms with Gasteiger partial charge in [-0.1, -0.05) is 48.2 Å². The van der Waals surface area contributed by atoms with Crippen LogP contribution in [0.1, 0.15) is 44.0 Å². The maximum Gasteiger partial charge on any atom is 0.240 e. The lowest BCUT2D eigenvalue weighted by molar-refractivity contribution is -0.118. The average molecular weight is 405 g/mol. The molecule has 0 radical (unpaired) electrons. The number of carbonyl (C=O) groups excluding carboxylic acids is 1. The van der Waals surface area contributed by atoms with Crippen LogP contribution in [0.2, 0.25) is 0 Å². The minimum absolute atomic E-state index is 0.122. The van der Waals surface area contributed by atoms with E-state index in [9.17, 15) is 4.79 Å². The van der Waals surface area contributed by atoms with Crippen LogP contribution >= 0.6 is 11.8 Å². The molecule has 29 heavy (non-hydrogen) atoms. The summed E-state index contributed by atoms with van der Waals surface area (Å²) in [5, 5.41) is 5.18. The number of benzene rings is 2. The first kappa shape index (κ1) is 18.4. The normalized spacial score (nSPS) is 19.2. The lowest BCUT2D eigenvalue weighted by atomic mass is 10.1. The van der Waals surface area contributed by atoms with Crippen molar-refractivity contribution in [2.45, 2.75) is 55.5 Å². The highest BCUT2D eigenvalue weighted by molar-refractivity contribution is 8.00. The number of fused-ring (bicyclic) bond motifs is 1. The second-order valence-electron chi connectivity index (χ2n) is 7.92. The number of amides is 1. The van der Waals surface area contributed by atoms with Gasteiger partial charge in [-0.15, -0.1) is 5.10 Å². The Bertz CT molecular complexity index is 1040. The summed E-state index contributed by atoms with van der Waals surface area (Å²) in [6.07, 6.45) is 3.23. The van der Waals surface area contributed by atoms with Crippen LogP contribution in [0.15, 0.2) is 59.8 Å². The summed E-state index contributed by atoms with van der Waals surface area (Å²) in [4.78, 5) is 20.0. The second-order valence-corrected chi connectivity index (χ2v) is 9.23. The molecule has 1 amide bonds. The Kier molecular flexibility index (Phi) is 4.66. The minimum Gasteiger partial charge on any atom is -0.308 e. The van der Waals surface area contributed by atoms with Gasteiger partial charge < -0.3 is 4.90 Å². The number of rotatable bonds is 5. The van der Waals surface area contributed by atoms with Crippen molar-refractivity contribution in [2.75, 3.05) is 4.90 Å². The van der Waals surface area contributed by atoms with E-state index in [-0.39, 0.29) is 17.2 Å². The average Bonchev–Trinajstić information content (AvgIpc) is 3.41. The van der Waals surface area contributed by atoms with Gasteiger partial charge in [-0.3, -0.25) is 4.79 Å². The number of hydrogen-bond acceptors (Lipinski definition) is 4. The zero-order valence-electron chi connectivity index (χ0n) is 16.7. The molecule has 0 unspecified atom stereocenters. The molecule has 2 aliphatic rings. The first-order valence-electron chi connectivity index (χ1n) is 10.2. The van der Waals surface area contributed by atoms with Crippen molar-refractivity contribution in [1.29, 1.82) is 0 Å². The topological polar surface area (TPSA) is 51.0 Å². The maximum absolute atomic E-state index is 13.3. The smallest absolute Gasteiger partial charge is 0.240 e. The quantitative estimate of drug-likeness (QED) is 0.583. The molecule has 1 aliphatic carbocycles. The fraction of sp³-hybridized carbons (Fsp3) is 0.348. The Morgan fingerprint density at radius 1 is 1.10 bits per heavy atom. The van der Waals surface area contributed by atoms with E-state index in [2.05, 4.69) is 13.0 Å². The molecule has 2 heterocycles. The van der Waals surface area contributed by atoms with Crippen LogP contribution in [0.3, 0.4) is 0 Å². The second kappa shape index (κ2) is 7.34. The van der Waals surface area contributed by atoms with E-state index in [1.165, 1.54) is 17.3 Å². The summed E-state index contributed by atoms with van der Waals surface area (Å²) < 4.78 is 1.95. The largest absolute Gasteiger partial charge is 0.308 e. The number of carbonyl (C=O) groups is 1. The predicted molar refractivity (Wildman–Crippen MR) is 116 cm³/mol. The Morgan fingerprint density at radius 3 is 2.59 bits per heavy atom. The fourth-order valence-electron chi connectivity index (χ4n) is 4.03. The monoisotopic (exact) mass is 404 g/mol. The van der Waals surface area contributed by atoms with Crippen molar-refractivity contribution < 1.29 is 4.79 Å². The summed E-state index contributed by atoms with van der Waals surface area (Å²) in [7, 11) is 0. The van der Waals surface area contributed by atoms with E-state index >= 15 is 0 Å². The molecule has 3 aromatic rings. The number of anilines is 1. The zero-order valence-corrected chi connectivity index (χ0v) is 17.5. The number of thioether (sulfide) groups is 1. The van der Waals surface area contributed by atoms with Crippen molar-refractivity contribution in [2.24, 2.45) is 0 Å². The number of aromatic nitrogens is 3. The molecule has 148 valence electrons. The molecule has 0 spiro atoms. The van der Waals surface area contributed by atoms with E-state index in [1.54, 1.807) is 0 Å². The molecule has 1 aromatic heterocycles. The fourth-order valence-corrected chi connectivity index (χ4v) is 4.83. The first-order valence-corrected chi connectivity index (χ1v) is 11.1. The van der Waals surface area contributed by atoms with Gasteiger partial charge >= 0.3 is 0 Å². The van der Waals surface area contributed by atoms with Crippen LogP contribution in [-0.4, -0.2) is 32.0 Å². The molecule has 1 fully saturated rings. The van der Waals surface area contributed by atoms with Crippen molar-refractivity contribution >= 4 is 23.4 Å². The first-order chi connectivity index (χ1) is 14.1. The van der Waals surface area contributed by atoms with Gasteiger partial charge in [-0.25, -0.2) is 9.67 Å². The van der Waals surface area contributed by atoms with Crippen LogP contribution < -0.4 is 4.90 Å². The van der Waals surface area contributed by atoms with E-state index in [4.69, 9.17) is 10.1 Å². The van der Waals surface area contributed by atoms with Crippen molar-refractivity contribution in [1.82, 2.24) is 14.8 Å². The molecular weight excluding hydrogens is 380 g/mol. The third kappa shape index (κ3) is 3.46. The summed E-state index contributed by atoms with van der Waals surface area (Å²) in [6.45, 7) is 4.07. The lowest BCUT2D eigenvalue weighted by Gasteiger charge is -2.25. The Morgan fingerprint density at radius 2 is 1.83 bits per heavy atom.